The lowest BCUT2D eigenvalue weighted by atomic mass is 9.84. The first-order valence-corrected chi connectivity index (χ1v) is 23.7. The molecule has 0 saturated carbocycles. The number of carbonyl (C=O) groups excluding carboxylic acids is 5. The molecule has 1 unspecified atom stereocenters. The Bertz CT molecular complexity index is 2530. The third kappa shape index (κ3) is 10.3. The normalized spacial score (nSPS) is 20.8. The predicted octanol–water partition coefficient (Wildman–Crippen LogP) is 6.36. The number of aromatic hydroxyl groups is 1. The maximum Gasteiger partial charge on any atom is 0.324 e. The van der Waals surface area contributed by atoms with Gasteiger partial charge in [-0.2, -0.15) is 0 Å². The van der Waals surface area contributed by atoms with Gasteiger partial charge < -0.3 is 34.3 Å². The summed E-state index contributed by atoms with van der Waals surface area (Å²) in [6.07, 6.45) is 5.45. The highest BCUT2D eigenvalue weighted by Crippen LogP contribution is 2.42. The van der Waals surface area contributed by atoms with Gasteiger partial charge in [0.25, 0.3) is 5.91 Å². The van der Waals surface area contributed by atoms with Gasteiger partial charge in [0.05, 0.1) is 30.0 Å². The number of likely N-dealkylation sites (N-methyl/N-ethyl adjacent to an activating group) is 1. The van der Waals surface area contributed by atoms with Crippen molar-refractivity contribution in [1.82, 2.24) is 35.1 Å². The van der Waals surface area contributed by atoms with Crippen LogP contribution in [0.3, 0.4) is 0 Å². The number of cyclic esters (lactones) is 1. The molecule has 6 bridgehead atoms. The summed E-state index contributed by atoms with van der Waals surface area (Å²) in [5, 5.41) is 16.7. The fraction of sp³-hybridized carbons (Fsp3) is 0.500. The number of rotatable bonds is 11. The van der Waals surface area contributed by atoms with Gasteiger partial charge in [-0.05, 0) is 110 Å². The van der Waals surface area contributed by atoms with Crippen LogP contribution in [0.25, 0.3) is 33.3 Å². The molecule has 0 aliphatic carbocycles. The van der Waals surface area contributed by atoms with E-state index in [2.05, 4.69) is 67.8 Å². The standard InChI is InChI=1S/C52H67N7O8/c1-10-43(66-9)45-37(15-13-20-53-45)47-39-28-52(6,7)30-67-51(65)40-16-14-21-59(55-40)50(64)41(25-32-23-35(26-36(60)24-32)33-17-18-42(38(39)27-33)58(47)12-3)54-48(62)46(31(4)5)56(8)49(63)34-19-22-57(29-34)44(61)11-2/h11,13,15,17-18,20,23-24,26-27,31,34,40-41,43,46,55,60H,2,10,12,14,16,19,21-22,25,28-30H2,1,3-9H3,(H,54,62)/t34-,40-,41-,43-,46?/m0/s1. The third-order valence-electron chi connectivity index (χ3n) is 13.6. The van der Waals surface area contributed by atoms with Crippen molar-refractivity contribution in [2.24, 2.45) is 17.3 Å². The zero-order chi connectivity index (χ0) is 48.3. The van der Waals surface area contributed by atoms with E-state index >= 15 is 0 Å². The summed E-state index contributed by atoms with van der Waals surface area (Å²) in [6.45, 7) is 17.3. The van der Waals surface area contributed by atoms with Crippen molar-refractivity contribution in [3.8, 4) is 28.1 Å². The number of carbonyl (C=O) groups is 5. The Kier molecular flexibility index (Phi) is 14.9. The van der Waals surface area contributed by atoms with Gasteiger partial charge in [-0.1, -0.05) is 53.3 Å². The molecule has 15 heteroatoms. The van der Waals surface area contributed by atoms with E-state index < -0.39 is 47.2 Å². The van der Waals surface area contributed by atoms with E-state index in [9.17, 15) is 29.1 Å². The summed E-state index contributed by atoms with van der Waals surface area (Å²) in [5.74, 6) is -2.86. The average Bonchev–Trinajstić information content (AvgIpc) is 3.93. The molecule has 7 rings (SSSR count). The molecule has 358 valence electrons. The predicted molar refractivity (Wildman–Crippen MR) is 256 cm³/mol. The topological polar surface area (TPSA) is 176 Å². The number of hydrogen-bond acceptors (Lipinski definition) is 10. The van der Waals surface area contributed by atoms with Gasteiger partial charge in [0.2, 0.25) is 17.7 Å². The zero-order valence-electron chi connectivity index (χ0n) is 40.3. The van der Waals surface area contributed by atoms with Crippen molar-refractivity contribution >= 4 is 40.5 Å². The van der Waals surface area contributed by atoms with Crippen molar-refractivity contribution < 1.29 is 38.6 Å². The highest BCUT2D eigenvalue weighted by Gasteiger charge is 2.40. The number of hydrogen-bond donors (Lipinski definition) is 3. The minimum atomic E-state index is -1.16. The molecule has 2 aromatic carbocycles. The first-order chi connectivity index (χ1) is 32.0. The van der Waals surface area contributed by atoms with Crippen LogP contribution in [0, 0.1) is 17.3 Å². The van der Waals surface area contributed by atoms with Crippen LogP contribution in [0.5, 0.6) is 5.75 Å². The Hall–Kier alpha value is -6.06. The number of ether oxygens (including phenoxy) is 2. The lowest BCUT2D eigenvalue weighted by Gasteiger charge is -2.37. The van der Waals surface area contributed by atoms with E-state index in [-0.39, 0.29) is 55.7 Å². The maximum absolute atomic E-state index is 14.7. The van der Waals surface area contributed by atoms with Crippen LogP contribution < -0.4 is 10.7 Å². The number of pyridine rings is 1. The molecule has 3 N–H and O–H groups in total. The Morgan fingerprint density at radius 1 is 1.09 bits per heavy atom. The number of nitrogens with one attached hydrogen (secondary N) is 2. The molecule has 15 nitrogen and oxygen atoms in total. The monoisotopic (exact) mass is 918 g/mol. The van der Waals surface area contributed by atoms with Crippen molar-refractivity contribution in [2.75, 3.05) is 40.4 Å². The molecule has 67 heavy (non-hydrogen) atoms. The van der Waals surface area contributed by atoms with E-state index in [1.54, 1.807) is 37.4 Å². The number of likely N-dealkylation sites (tertiary alicyclic amines) is 1. The van der Waals surface area contributed by atoms with Crippen LogP contribution in [0.15, 0.2) is 67.4 Å². The summed E-state index contributed by atoms with van der Waals surface area (Å²) < 4.78 is 14.4. The molecule has 5 heterocycles. The van der Waals surface area contributed by atoms with E-state index in [4.69, 9.17) is 14.5 Å². The molecule has 4 aromatic rings. The second kappa shape index (κ2) is 20.4. The number of phenols is 1. The molecule has 3 aliphatic heterocycles. The molecular formula is C52H67N7O8. The van der Waals surface area contributed by atoms with Gasteiger partial charge >= 0.3 is 5.97 Å². The average molecular weight is 918 g/mol. The second-order valence-electron chi connectivity index (χ2n) is 19.4. The Labute approximate surface area is 393 Å². The molecule has 2 aromatic heterocycles. The Morgan fingerprint density at radius 3 is 2.57 bits per heavy atom. The van der Waals surface area contributed by atoms with E-state index in [0.29, 0.717) is 44.3 Å². The summed E-state index contributed by atoms with van der Waals surface area (Å²) in [6, 6.07) is 12.6. The smallest absolute Gasteiger partial charge is 0.324 e. The van der Waals surface area contributed by atoms with Crippen molar-refractivity contribution in [2.45, 2.75) is 111 Å². The molecule has 3 aliphatic rings. The largest absolute Gasteiger partial charge is 0.508 e. The lowest BCUT2D eigenvalue weighted by molar-refractivity contribution is -0.155. The number of aryl methyl sites for hydroxylation is 1. The zero-order valence-corrected chi connectivity index (χ0v) is 40.3. The van der Waals surface area contributed by atoms with Crippen LogP contribution in [0.2, 0.25) is 0 Å². The molecule has 0 spiro atoms. The number of nitrogens with zero attached hydrogens (tertiary/aromatic N) is 5. The van der Waals surface area contributed by atoms with Gasteiger partial charge in [-0.15, -0.1) is 0 Å². The second-order valence-corrected chi connectivity index (χ2v) is 19.4. The SMILES string of the molecule is C=CC(=O)N1CC[C@H](C(=O)N(C)C(C(=O)N[C@H]2Cc3cc(O)cc(c3)-c3ccc4c(c3)c(c(-c3cccnc3[C@H](CC)OC)n4CC)CC(C)(C)COC(=O)[C@@H]3CCCN(N3)C2=O)C(C)C)C1. The maximum atomic E-state index is 14.7. The van der Waals surface area contributed by atoms with Crippen LogP contribution in [0.4, 0.5) is 0 Å². The van der Waals surface area contributed by atoms with E-state index in [1.165, 1.54) is 16.0 Å². The third-order valence-corrected chi connectivity index (χ3v) is 13.6. The van der Waals surface area contributed by atoms with Crippen LogP contribution in [-0.2, 0) is 52.8 Å². The first kappa shape index (κ1) is 48.9. The van der Waals surface area contributed by atoms with Crippen molar-refractivity contribution in [3.63, 3.8) is 0 Å². The number of aromatic nitrogens is 2. The number of esters is 1. The molecule has 4 amide bonds. The molecule has 0 radical (unpaired) electrons. The highest BCUT2D eigenvalue weighted by molar-refractivity contribution is 5.96. The number of hydrazine groups is 1. The number of amides is 4. The van der Waals surface area contributed by atoms with Crippen LogP contribution >= 0.6 is 0 Å². The van der Waals surface area contributed by atoms with Crippen LogP contribution in [0.1, 0.15) is 90.2 Å². The fourth-order valence-corrected chi connectivity index (χ4v) is 10.3. The lowest BCUT2D eigenvalue weighted by Crippen LogP contribution is -2.62. The van der Waals surface area contributed by atoms with Crippen molar-refractivity contribution in [3.05, 3.63) is 84.2 Å². The summed E-state index contributed by atoms with van der Waals surface area (Å²) >= 11 is 0. The molecule has 5 atom stereocenters. The number of methoxy groups -OCH3 is 1. The minimum Gasteiger partial charge on any atom is -0.508 e. The number of benzene rings is 2. The summed E-state index contributed by atoms with van der Waals surface area (Å²) in [4.78, 5) is 77.3. The molecule has 2 saturated heterocycles. The number of phenolic OH excluding ortho intramolecular Hbond substituents is 1. The molecular weight excluding hydrogens is 851 g/mol. The highest BCUT2D eigenvalue weighted by atomic mass is 16.5. The van der Waals surface area contributed by atoms with Gasteiger partial charge in [0.15, 0.2) is 0 Å². The van der Waals surface area contributed by atoms with Crippen LogP contribution in [-0.4, -0.2) is 118 Å². The minimum absolute atomic E-state index is 0.0110. The first-order valence-electron chi connectivity index (χ1n) is 23.7. The van der Waals surface area contributed by atoms with Gasteiger partial charge in [-0.25, -0.2) is 5.43 Å². The van der Waals surface area contributed by atoms with E-state index in [1.807, 2.05) is 32.0 Å². The fourth-order valence-electron chi connectivity index (χ4n) is 10.3. The Balaban J connectivity index is 1.31. The quantitative estimate of drug-likeness (QED) is 0.114. The molecule has 2 fully saturated rings. The summed E-state index contributed by atoms with van der Waals surface area (Å²) in [7, 11) is 3.28. The van der Waals surface area contributed by atoms with Crippen molar-refractivity contribution in [1.29, 1.82) is 0 Å². The Morgan fingerprint density at radius 2 is 1.87 bits per heavy atom. The van der Waals surface area contributed by atoms with Gasteiger partial charge in [-0.3, -0.25) is 34.0 Å². The number of fused-ring (bicyclic) bond motifs is 6. The van der Waals surface area contributed by atoms with Gasteiger partial charge in [0.1, 0.15) is 23.9 Å². The van der Waals surface area contributed by atoms with Gasteiger partial charge in [0, 0.05) is 74.8 Å². The summed E-state index contributed by atoms with van der Waals surface area (Å²) in [5.41, 5.74) is 9.61. The van der Waals surface area contributed by atoms with E-state index in [0.717, 1.165) is 51.0 Å².